The molecule has 0 bridgehead atoms. The lowest BCUT2D eigenvalue weighted by molar-refractivity contribution is -0.402. The third kappa shape index (κ3) is 3.28. The summed E-state index contributed by atoms with van der Waals surface area (Å²) in [6.07, 6.45) is 0. The van der Waals surface area contributed by atoms with E-state index < -0.39 is 16.7 Å². The van der Waals surface area contributed by atoms with Gasteiger partial charge in [0.1, 0.15) is 4.92 Å². The molecule has 0 saturated carbocycles. The number of hydrogen-bond donors (Lipinski definition) is 2. The molecule has 0 aliphatic carbocycles. The molecule has 17 heavy (non-hydrogen) atoms. The fourth-order valence-corrected chi connectivity index (χ4v) is 1.13. The second-order valence-electron chi connectivity index (χ2n) is 3.82. The van der Waals surface area contributed by atoms with E-state index in [1.807, 2.05) is 0 Å². The Kier molecular flexibility index (Phi) is 4.22. The fraction of sp³-hybridized carbons (Fsp3) is 0.500. The topological polar surface area (TPSA) is 106 Å². The van der Waals surface area contributed by atoms with Crippen molar-refractivity contribution in [2.45, 2.75) is 19.9 Å². The molecule has 1 aromatic rings. The molecule has 7 nitrogen and oxygen atoms in total. The van der Waals surface area contributed by atoms with Gasteiger partial charge in [-0.25, -0.2) is 0 Å². The number of aliphatic hydroxyl groups is 1. The van der Waals surface area contributed by atoms with Crippen LogP contribution in [-0.4, -0.2) is 28.6 Å². The second-order valence-corrected chi connectivity index (χ2v) is 3.82. The van der Waals surface area contributed by atoms with Crippen molar-refractivity contribution in [1.29, 1.82) is 0 Å². The van der Waals surface area contributed by atoms with Crippen LogP contribution in [-0.2, 0) is 0 Å². The SMILES string of the molecule is CC(CO)C(C)NC(=O)c1ccc([N+](=O)[O-])o1. The summed E-state index contributed by atoms with van der Waals surface area (Å²) in [5, 5.41) is 21.8. The predicted octanol–water partition coefficient (Wildman–Crippen LogP) is 0.935. The lowest BCUT2D eigenvalue weighted by Gasteiger charge is -2.18. The average Bonchev–Trinajstić information content (AvgIpc) is 2.77. The Labute approximate surface area is 97.6 Å². The minimum Gasteiger partial charge on any atom is -0.396 e. The summed E-state index contributed by atoms with van der Waals surface area (Å²) < 4.78 is 4.75. The number of carbonyl (C=O) groups is 1. The predicted molar refractivity (Wildman–Crippen MR) is 58.5 cm³/mol. The van der Waals surface area contributed by atoms with Crippen LogP contribution in [0.5, 0.6) is 0 Å². The van der Waals surface area contributed by atoms with Crippen LogP contribution in [0.25, 0.3) is 0 Å². The molecule has 2 atom stereocenters. The van der Waals surface area contributed by atoms with Crippen molar-refractivity contribution < 1.29 is 19.2 Å². The highest BCUT2D eigenvalue weighted by atomic mass is 16.6. The average molecular weight is 242 g/mol. The number of furan rings is 1. The zero-order chi connectivity index (χ0) is 13.0. The molecule has 1 heterocycles. The van der Waals surface area contributed by atoms with E-state index in [0.717, 1.165) is 6.07 Å². The van der Waals surface area contributed by atoms with E-state index in [4.69, 9.17) is 9.52 Å². The third-order valence-corrected chi connectivity index (χ3v) is 2.50. The molecule has 2 N–H and O–H groups in total. The first-order valence-electron chi connectivity index (χ1n) is 5.11. The summed E-state index contributed by atoms with van der Waals surface area (Å²) in [4.78, 5) is 21.3. The zero-order valence-corrected chi connectivity index (χ0v) is 9.54. The Morgan fingerprint density at radius 2 is 2.24 bits per heavy atom. The highest BCUT2D eigenvalue weighted by Gasteiger charge is 2.20. The van der Waals surface area contributed by atoms with Gasteiger partial charge in [0.15, 0.2) is 5.76 Å². The van der Waals surface area contributed by atoms with Crippen LogP contribution < -0.4 is 5.32 Å². The van der Waals surface area contributed by atoms with Crippen LogP contribution in [0.15, 0.2) is 16.5 Å². The monoisotopic (exact) mass is 242 g/mol. The molecule has 2 unspecified atom stereocenters. The Balaban J connectivity index is 2.66. The lowest BCUT2D eigenvalue weighted by Crippen LogP contribution is -2.38. The van der Waals surface area contributed by atoms with E-state index >= 15 is 0 Å². The minimum atomic E-state index is -0.712. The molecule has 0 aliphatic rings. The number of nitrogens with zero attached hydrogens (tertiary/aromatic N) is 1. The number of hydrogen-bond acceptors (Lipinski definition) is 5. The summed E-state index contributed by atoms with van der Waals surface area (Å²) in [6, 6.07) is 2.11. The molecule has 0 spiro atoms. The quantitative estimate of drug-likeness (QED) is 0.590. The first-order valence-corrected chi connectivity index (χ1v) is 5.11. The number of rotatable bonds is 5. The van der Waals surface area contributed by atoms with Gasteiger partial charge in [-0.3, -0.25) is 14.9 Å². The van der Waals surface area contributed by atoms with Crippen LogP contribution in [0.3, 0.4) is 0 Å². The molecular formula is C10H14N2O5. The Bertz CT molecular complexity index is 415. The maximum atomic E-state index is 11.6. The van der Waals surface area contributed by atoms with Gasteiger partial charge in [0.25, 0.3) is 5.91 Å². The van der Waals surface area contributed by atoms with Gasteiger partial charge >= 0.3 is 5.88 Å². The second kappa shape index (κ2) is 5.44. The smallest absolute Gasteiger partial charge is 0.396 e. The van der Waals surface area contributed by atoms with E-state index in [1.165, 1.54) is 6.07 Å². The van der Waals surface area contributed by atoms with Crippen LogP contribution >= 0.6 is 0 Å². The third-order valence-electron chi connectivity index (χ3n) is 2.50. The number of aliphatic hydroxyl groups excluding tert-OH is 1. The normalized spacial score (nSPS) is 14.1. The molecule has 1 rings (SSSR count). The van der Waals surface area contributed by atoms with Crippen LogP contribution in [0, 0.1) is 16.0 Å². The van der Waals surface area contributed by atoms with Gasteiger partial charge in [0, 0.05) is 12.6 Å². The Morgan fingerprint density at radius 1 is 1.59 bits per heavy atom. The van der Waals surface area contributed by atoms with Crippen molar-refractivity contribution in [3.8, 4) is 0 Å². The molecule has 0 aliphatic heterocycles. The van der Waals surface area contributed by atoms with Gasteiger partial charge in [-0.05, 0) is 18.9 Å². The summed E-state index contributed by atoms with van der Waals surface area (Å²) in [7, 11) is 0. The van der Waals surface area contributed by atoms with Crippen molar-refractivity contribution in [3.63, 3.8) is 0 Å². The van der Waals surface area contributed by atoms with Gasteiger partial charge in [0.2, 0.25) is 0 Å². The van der Waals surface area contributed by atoms with Gasteiger partial charge in [-0.15, -0.1) is 0 Å². The molecule has 0 radical (unpaired) electrons. The van der Waals surface area contributed by atoms with E-state index in [1.54, 1.807) is 13.8 Å². The standard InChI is InChI=1S/C10H14N2O5/c1-6(5-13)7(2)11-10(14)8-3-4-9(17-8)12(15)16/h3-4,6-7,13H,5H2,1-2H3,(H,11,14). The van der Waals surface area contributed by atoms with Crippen molar-refractivity contribution in [2.75, 3.05) is 6.61 Å². The largest absolute Gasteiger partial charge is 0.433 e. The van der Waals surface area contributed by atoms with E-state index in [9.17, 15) is 14.9 Å². The van der Waals surface area contributed by atoms with Crippen molar-refractivity contribution in [1.82, 2.24) is 5.32 Å². The highest BCUT2D eigenvalue weighted by molar-refractivity contribution is 5.91. The summed E-state index contributed by atoms with van der Waals surface area (Å²) in [6.45, 7) is 3.45. The number of carbonyl (C=O) groups excluding carboxylic acids is 1. The molecule has 0 fully saturated rings. The van der Waals surface area contributed by atoms with E-state index in [2.05, 4.69) is 5.32 Å². The maximum Gasteiger partial charge on any atom is 0.433 e. The van der Waals surface area contributed by atoms with E-state index in [-0.39, 0.29) is 24.3 Å². The number of nitrogens with one attached hydrogen (secondary N) is 1. The summed E-state index contributed by atoms with van der Waals surface area (Å²) >= 11 is 0. The van der Waals surface area contributed by atoms with Crippen molar-refractivity contribution in [3.05, 3.63) is 28.0 Å². The van der Waals surface area contributed by atoms with Crippen molar-refractivity contribution in [2.24, 2.45) is 5.92 Å². The van der Waals surface area contributed by atoms with Crippen molar-refractivity contribution >= 4 is 11.8 Å². The highest BCUT2D eigenvalue weighted by Crippen LogP contribution is 2.15. The van der Waals surface area contributed by atoms with Gasteiger partial charge in [-0.2, -0.15) is 0 Å². The Hall–Kier alpha value is -1.89. The van der Waals surface area contributed by atoms with E-state index in [0.29, 0.717) is 0 Å². The minimum absolute atomic E-state index is 0.0558. The van der Waals surface area contributed by atoms with Gasteiger partial charge in [-0.1, -0.05) is 6.92 Å². The lowest BCUT2D eigenvalue weighted by atomic mass is 10.1. The molecule has 1 amide bonds. The van der Waals surface area contributed by atoms with Gasteiger partial charge in [0.05, 0.1) is 6.07 Å². The molecule has 7 heteroatoms. The molecule has 0 aromatic carbocycles. The zero-order valence-electron chi connectivity index (χ0n) is 9.54. The molecule has 1 aromatic heterocycles. The summed E-state index contributed by atoms with van der Waals surface area (Å²) in [5.41, 5.74) is 0. The first-order chi connectivity index (χ1) is 7.95. The fourth-order valence-electron chi connectivity index (χ4n) is 1.13. The van der Waals surface area contributed by atoms with Crippen LogP contribution in [0.4, 0.5) is 5.88 Å². The molecule has 0 saturated heterocycles. The molecular weight excluding hydrogens is 228 g/mol. The number of amides is 1. The van der Waals surface area contributed by atoms with Crippen LogP contribution in [0.1, 0.15) is 24.4 Å². The summed E-state index contributed by atoms with van der Waals surface area (Å²) in [5.74, 6) is -1.23. The Morgan fingerprint density at radius 3 is 2.71 bits per heavy atom. The number of nitro groups is 1. The first kappa shape index (κ1) is 13.2. The molecule has 94 valence electrons. The van der Waals surface area contributed by atoms with Gasteiger partial charge < -0.3 is 14.8 Å². The maximum absolute atomic E-state index is 11.6. The van der Waals surface area contributed by atoms with Crippen LogP contribution in [0.2, 0.25) is 0 Å².